The van der Waals surface area contributed by atoms with Gasteiger partial charge in [-0.05, 0) is 36.5 Å². The van der Waals surface area contributed by atoms with Crippen molar-refractivity contribution in [2.45, 2.75) is 33.1 Å². The molecular weight excluding hydrogens is 252 g/mol. The lowest BCUT2D eigenvalue weighted by Gasteiger charge is -2.11. The number of rotatable bonds is 5. The van der Waals surface area contributed by atoms with Gasteiger partial charge in [0, 0.05) is 6.07 Å². The Labute approximate surface area is 119 Å². The van der Waals surface area contributed by atoms with E-state index in [1.54, 1.807) is 12.1 Å². The number of hydrogen-bond acceptors (Lipinski definition) is 3. The number of esters is 1. The van der Waals surface area contributed by atoms with Gasteiger partial charge in [-0.15, -0.1) is 0 Å². The highest BCUT2D eigenvalue weighted by molar-refractivity contribution is 5.79. The van der Waals surface area contributed by atoms with Crippen LogP contribution in [0.15, 0.2) is 47.1 Å². The van der Waals surface area contributed by atoms with Gasteiger partial charge in [0.15, 0.2) is 0 Å². The average Bonchev–Trinajstić information content (AvgIpc) is 2.91. The van der Waals surface area contributed by atoms with Crippen LogP contribution in [0.5, 0.6) is 5.95 Å². The zero-order chi connectivity index (χ0) is 14.5. The lowest BCUT2D eigenvalue weighted by atomic mass is 9.97. The summed E-state index contributed by atoms with van der Waals surface area (Å²) >= 11 is 0. The maximum Gasteiger partial charge on any atom is 0.320 e. The first kappa shape index (κ1) is 14.4. The summed E-state index contributed by atoms with van der Waals surface area (Å²) in [7, 11) is 0. The fraction of sp³-hybridized carbons (Fsp3) is 0.353. The van der Waals surface area contributed by atoms with E-state index >= 15 is 0 Å². The summed E-state index contributed by atoms with van der Waals surface area (Å²) in [6.45, 7) is 6.22. The Hall–Kier alpha value is -2.03. The molecule has 0 aliphatic heterocycles. The van der Waals surface area contributed by atoms with E-state index in [9.17, 15) is 4.79 Å². The van der Waals surface area contributed by atoms with Gasteiger partial charge in [-0.1, -0.05) is 38.1 Å². The third-order valence-electron chi connectivity index (χ3n) is 3.17. The Morgan fingerprint density at radius 3 is 2.40 bits per heavy atom. The first-order valence-corrected chi connectivity index (χ1v) is 6.90. The number of hydrogen-bond donors (Lipinski definition) is 0. The predicted octanol–water partition coefficient (Wildman–Crippen LogP) is 4.19. The quantitative estimate of drug-likeness (QED) is 0.766. The molecule has 1 heterocycles. The van der Waals surface area contributed by atoms with Gasteiger partial charge in [0.2, 0.25) is 0 Å². The van der Waals surface area contributed by atoms with Crippen LogP contribution < -0.4 is 4.74 Å². The Morgan fingerprint density at radius 1 is 1.15 bits per heavy atom. The van der Waals surface area contributed by atoms with Crippen molar-refractivity contribution in [2.75, 3.05) is 0 Å². The lowest BCUT2D eigenvalue weighted by Crippen LogP contribution is -2.15. The van der Waals surface area contributed by atoms with E-state index in [4.69, 9.17) is 9.15 Å². The third kappa shape index (κ3) is 3.73. The minimum absolute atomic E-state index is 0.235. The Morgan fingerprint density at radius 2 is 1.85 bits per heavy atom. The molecule has 0 saturated heterocycles. The standard InChI is InChI=1S/C17H20O3/c1-12(2)11-14-6-8-15(9-7-14)13(3)17(18)20-16-5-4-10-19-16/h4-10,12-13H,11H2,1-3H3/t13-/m0/s1. The van der Waals surface area contributed by atoms with Gasteiger partial charge < -0.3 is 9.15 Å². The lowest BCUT2D eigenvalue weighted by molar-refractivity contribution is -0.136. The zero-order valence-electron chi connectivity index (χ0n) is 12.1. The van der Waals surface area contributed by atoms with Crippen LogP contribution in [0, 0.1) is 5.92 Å². The zero-order valence-corrected chi connectivity index (χ0v) is 12.1. The van der Waals surface area contributed by atoms with Gasteiger partial charge in [0.1, 0.15) is 0 Å². The fourth-order valence-corrected chi connectivity index (χ4v) is 2.06. The van der Waals surface area contributed by atoms with Gasteiger partial charge in [0.25, 0.3) is 5.95 Å². The number of furan rings is 1. The second kappa shape index (κ2) is 6.42. The summed E-state index contributed by atoms with van der Waals surface area (Å²) in [6, 6.07) is 11.4. The fourth-order valence-electron chi connectivity index (χ4n) is 2.06. The Bertz CT molecular complexity index is 538. The van der Waals surface area contributed by atoms with Gasteiger partial charge in [-0.2, -0.15) is 0 Å². The minimum atomic E-state index is -0.312. The summed E-state index contributed by atoms with van der Waals surface area (Å²) < 4.78 is 10.2. The van der Waals surface area contributed by atoms with E-state index in [2.05, 4.69) is 26.0 Å². The van der Waals surface area contributed by atoms with Crippen LogP contribution >= 0.6 is 0 Å². The highest BCUT2D eigenvalue weighted by Gasteiger charge is 2.18. The van der Waals surface area contributed by atoms with E-state index in [0.29, 0.717) is 5.92 Å². The third-order valence-corrected chi connectivity index (χ3v) is 3.17. The van der Waals surface area contributed by atoms with Gasteiger partial charge >= 0.3 is 5.97 Å². The molecule has 0 aliphatic rings. The first-order chi connectivity index (χ1) is 9.56. The van der Waals surface area contributed by atoms with Crippen molar-refractivity contribution in [1.29, 1.82) is 0 Å². The molecule has 1 atom stereocenters. The van der Waals surface area contributed by atoms with Crippen LogP contribution in [0.2, 0.25) is 0 Å². The molecule has 1 aromatic heterocycles. The molecule has 0 bridgehead atoms. The molecule has 2 aromatic rings. The monoisotopic (exact) mass is 272 g/mol. The maximum atomic E-state index is 12.0. The van der Waals surface area contributed by atoms with Crippen molar-refractivity contribution in [3.8, 4) is 5.95 Å². The van der Waals surface area contributed by atoms with Crippen LogP contribution in [0.25, 0.3) is 0 Å². The van der Waals surface area contributed by atoms with Crippen molar-refractivity contribution in [3.05, 3.63) is 53.8 Å². The molecule has 2 rings (SSSR count). The van der Waals surface area contributed by atoms with E-state index in [1.165, 1.54) is 11.8 Å². The van der Waals surface area contributed by atoms with Crippen molar-refractivity contribution < 1.29 is 13.9 Å². The molecular formula is C17H20O3. The highest BCUT2D eigenvalue weighted by atomic mass is 16.6. The smallest absolute Gasteiger partial charge is 0.320 e. The Balaban J connectivity index is 2.01. The number of benzene rings is 1. The molecule has 0 N–H and O–H groups in total. The van der Waals surface area contributed by atoms with Gasteiger partial charge in [-0.25, -0.2) is 0 Å². The summed E-state index contributed by atoms with van der Waals surface area (Å²) in [5.41, 5.74) is 2.24. The Kier molecular flexibility index (Phi) is 4.61. The normalized spacial score (nSPS) is 12.4. The molecule has 20 heavy (non-hydrogen) atoms. The number of carbonyl (C=O) groups excluding carboxylic acids is 1. The van der Waals surface area contributed by atoms with E-state index in [-0.39, 0.29) is 17.8 Å². The summed E-state index contributed by atoms with van der Waals surface area (Å²) in [5.74, 6) is 0.241. The highest BCUT2D eigenvalue weighted by Crippen LogP contribution is 2.20. The SMILES string of the molecule is CC(C)Cc1ccc([C@H](C)C(=O)Oc2ccco2)cc1. The van der Waals surface area contributed by atoms with E-state index in [0.717, 1.165) is 12.0 Å². The summed E-state index contributed by atoms with van der Waals surface area (Å²) in [6.07, 6.45) is 2.53. The summed E-state index contributed by atoms with van der Waals surface area (Å²) in [5, 5.41) is 0. The van der Waals surface area contributed by atoms with Gasteiger partial charge in [-0.3, -0.25) is 4.79 Å². The average molecular weight is 272 g/mol. The topological polar surface area (TPSA) is 39.4 Å². The minimum Gasteiger partial charge on any atom is -0.434 e. The van der Waals surface area contributed by atoms with Crippen molar-refractivity contribution in [3.63, 3.8) is 0 Å². The van der Waals surface area contributed by atoms with Crippen LogP contribution in [0.3, 0.4) is 0 Å². The molecule has 3 nitrogen and oxygen atoms in total. The maximum absolute atomic E-state index is 12.0. The first-order valence-electron chi connectivity index (χ1n) is 6.90. The molecule has 0 unspecified atom stereocenters. The predicted molar refractivity (Wildman–Crippen MR) is 77.7 cm³/mol. The molecule has 0 radical (unpaired) electrons. The number of ether oxygens (including phenoxy) is 1. The van der Waals surface area contributed by atoms with Gasteiger partial charge in [0.05, 0.1) is 12.2 Å². The van der Waals surface area contributed by atoms with Crippen LogP contribution in [-0.2, 0) is 11.2 Å². The molecule has 1 aromatic carbocycles. The van der Waals surface area contributed by atoms with Crippen LogP contribution in [0.1, 0.15) is 37.8 Å². The molecule has 3 heteroatoms. The van der Waals surface area contributed by atoms with Crippen molar-refractivity contribution in [2.24, 2.45) is 5.92 Å². The second-order valence-corrected chi connectivity index (χ2v) is 5.41. The number of carbonyl (C=O) groups is 1. The van der Waals surface area contributed by atoms with Crippen LogP contribution in [-0.4, -0.2) is 5.97 Å². The van der Waals surface area contributed by atoms with E-state index in [1.807, 2.05) is 19.1 Å². The largest absolute Gasteiger partial charge is 0.434 e. The molecule has 106 valence electrons. The second-order valence-electron chi connectivity index (χ2n) is 5.41. The van der Waals surface area contributed by atoms with Crippen molar-refractivity contribution >= 4 is 5.97 Å². The molecule has 0 saturated carbocycles. The molecule has 0 aliphatic carbocycles. The molecule has 0 amide bonds. The molecule has 0 spiro atoms. The van der Waals surface area contributed by atoms with E-state index < -0.39 is 0 Å². The molecule has 0 fully saturated rings. The summed E-state index contributed by atoms with van der Waals surface area (Å²) in [4.78, 5) is 12.0. The van der Waals surface area contributed by atoms with Crippen LogP contribution in [0.4, 0.5) is 0 Å². The van der Waals surface area contributed by atoms with Crippen molar-refractivity contribution in [1.82, 2.24) is 0 Å².